The first-order valence-electron chi connectivity index (χ1n) is 6.88. The second-order valence-corrected chi connectivity index (χ2v) is 5.06. The van der Waals surface area contributed by atoms with Crippen molar-refractivity contribution in [1.29, 1.82) is 0 Å². The van der Waals surface area contributed by atoms with Gasteiger partial charge in [-0.2, -0.15) is 0 Å². The van der Waals surface area contributed by atoms with E-state index in [0.717, 1.165) is 21.8 Å². The predicted octanol–water partition coefficient (Wildman–Crippen LogP) is 3.59. The number of halogens is 1. The second kappa shape index (κ2) is 4.48. The Hall–Kier alpha value is -2.56. The smallest absolute Gasteiger partial charge is 0.407 e. The summed E-state index contributed by atoms with van der Waals surface area (Å²) in [6, 6.07) is 11.7. The summed E-state index contributed by atoms with van der Waals surface area (Å²) in [5.41, 5.74) is 3.23. The van der Waals surface area contributed by atoms with Crippen LogP contribution in [-0.4, -0.2) is 16.2 Å². The SMILES string of the molecule is O=c1[nH]c2ccc3c(c4ccccc4n3CCCF)c2o1. The van der Waals surface area contributed by atoms with Crippen molar-refractivity contribution in [3.05, 3.63) is 46.9 Å². The molecule has 21 heavy (non-hydrogen) atoms. The van der Waals surface area contributed by atoms with E-state index >= 15 is 0 Å². The number of rotatable bonds is 3. The highest BCUT2D eigenvalue weighted by atomic mass is 19.1. The molecule has 0 bridgehead atoms. The van der Waals surface area contributed by atoms with Crippen molar-refractivity contribution in [3.63, 3.8) is 0 Å². The lowest BCUT2D eigenvalue weighted by molar-refractivity contribution is 0.452. The van der Waals surface area contributed by atoms with Crippen molar-refractivity contribution >= 4 is 32.9 Å². The van der Waals surface area contributed by atoms with E-state index in [1.807, 2.05) is 36.4 Å². The maximum atomic E-state index is 12.6. The zero-order valence-corrected chi connectivity index (χ0v) is 11.2. The van der Waals surface area contributed by atoms with Gasteiger partial charge in [0.15, 0.2) is 5.58 Å². The van der Waals surface area contributed by atoms with Gasteiger partial charge < -0.3 is 8.98 Å². The van der Waals surface area contributed by atoms with Crippen LogP contribution in [0.2, 0.25) is 0 Å². The van der Waals surface area contributed by atoms with Gasteiger partial charge in [0.1, 0.15) is 0 Å². The minimum Gasteiger partial charge on any atom is -0.407 e. The van der Waals surface area contributed by atoms with Gasteiger partial charge in [0.2, 0.25) is 0 Å². The molecule has 106 valence electrons. The summed E-state index contributed by atoms with van der Waals surface area (Å²) in [5, 5.41) is 1.92. The van der Waals surface area contributed by atoms with Gasteiger partial charge in [-0.1, -0.05) is 18.2 Å². The van der Waals surface area contributed by atoms with Gasteiger partial charge in [0.05, 0.1) is 23.1 Å². The maximum Gasteiger partial charge on any atom is 0.417 e. The summed E-state index contributed by atoms with van der Waals surface area (Å²) in [7, 11) is 0. The molecule has 2 aromatic heterocycles. The number of para-hydroxylation sites is 1. The third-order valence-electron chi connectivity index (χ3n) is 3.84. The molecule has 0 spiro atoms. The molecule has 0 amide bonds. The molecule has 2 aromatic carbocycles. The summed E-state index contributed by atoms with van der Waals surface area (Å²) in [6.07, 6.45) is 0.461. The third kappa shape index (κ3) is 1.70. The third-order valence-corrected chi connectivity index (χ3v) is 3.84. The molecule has 5 heteroatoms. The van der Waals surface area contributed by atoms with E-state index < -0.39 is 5.76 Å². The number of fused-ring (bicyclic) bond motifs is 5. The number of benzene rings is 2. The Morgan fingerprint density at radius 2 is 2.00 bits per heavy atom. The summed E-state index contributed by atoms with van der Waals surface area (Å²) >= 11 is 0. The quantitative estimate of drug-likeness (QED) is 0.625. The fourth-order valence-electron chi connectivity index (χ4n) is 3.00. The predicted molar refractivity (Wildman–Crippen MR) is 80.4 cm³/mol. The van der Waals surface area contributed by atoms with Crippen LogP contribution in [0.4, 0.5) is 4.39 Å². The van der Waals surface area contributed by atoms with E-state index in [0.29, 0.717) is 24.1 Å². The topological polar surface area (TPSA) is 50.9 Å². The van der Waals surface area contributed by atoms with Crippen LogP contribution in [0.25, 0.3) is 32.9 Å². The monoisotopic (exact) mass is 284 g/mol. The zero-order valence-electron chi connectivity index (χ0n) is 11.2. The normalized spacial score (nSPS) is 11.9. The van der Waals surface area contributed by atoms with Crippen molar-refractivity contribution in [2.45, 2.75) is 13.0 Å². The minimum absolute atomic E-state index is 0.352. The molecule has 0 radical (unpaired) electrons. The van der Waals surface area contributed by atoms with Crippen LogP contribution >= 0.6 is 0 Å². The zero-order chi connectivity index (χ0) is 14.4. The molecule has 0 aliphatic rings. The van der Waals surface area contributed by atoms with Gasteiger partial charge in [0, 0.05) is 17.4 Å². The largest absolute Gasteiger partial charge is 0.417 e. The van der Waals surface area contributed by atoms with Gasteiger partial charge in [-0.3, -0.25) is 9.37 Å². The molecular weight excluding hydrogens is 271 g/mol. The number of hydrogen-bond acceptors (Lipinski definition) is 2. The Labute approximate surface area is 118 Å². The summed E-state index contributed by atoms with van der Waals surface area (Å²) in [6.45, 7) is 0.246. The van der Waals surface area contributed by atoms with E-state index in [9.17, 15) is 9.18 Å². The Balaban J connectivity index is 2.20. The molecule has 0 unspecified atom stereocenters. The number of nitrogens with zero attached hydrogens (tertiary/aromatic N) is 1. The Morgan fingerprint density at radius 1 is 1.14 bits per heavy atom. The number of H-pyrrole nitrogens is 1. The summed E-state index contributed by atoms with van der Waals surface area (Å²) in [5.74, 6) is -0.460. The van der Waals surface area contributed by atoms with Crippen LogP contribution in [0.5, 0.6) is 0 Å². The first-order valence-corrected chi connectivity index (χ1v) is 6.88. The van der Waals surface area contributed by atoms with Crippen LogP contribution < -0.4 is 5.76 Å². The molecule has 0 fully saturated rings. The number of aryl methyl sites for hydroxylation is 1. The van der Waals surface area contributed by atoms with Gasteiger partial charge in [-0.05, 0) is 24.6 Å². The van der Waals surface area contributed by atoms with E-state index in [-0.39, 0.29) is 6.67 Å². The first kappa shape index (κ1) is 12.2. The lowest BCUT2D eigenvalue weighted by atomic mass is 10.1. The molecule has 0 saturated carbocycles. The van der Waals surface area contributed by atoms with E-state index in [4.69, 9.17) is 4.42 Å². The van der Waals surface area contributed by atoms with Crippen molar-refractivity contribution in [2.24, 2.45) is 0 Å². The standard InChI is InChI=1S/C16H13FN2O2/c17-8-3-9-19-12-5-2-1-4-10(12)14-13(19)7-6-11-15(14)21-16(20)18-11/h1-2,4-7H,3,8-9H2,(H,18,20). The first-order chi connectivity index (χ1) is 10.3. The number of hydrogen-bond donors (Lipinski definition) is 1. The average molecular weight is 284 g/mol. The summed E-state index contributed by atoms with van der Waals surface area (Å²) in [4.78, 5) is 14.1. The van der Waals surface area contributed by atoms with Gasteiger partial charge >= 0.3 is 5.76 Å². The number of alkyl halides is 1. The number of aromatic nitrogens is 2. The molecule has 0 aliphatic heterocycles. The van der Waals surface area contributed by atoms with Crippen LogP contribution in [0.1, 0.15) is 6.42 Å². The lowest BCUT2D eigenvalue weighted by Crippen LogP contribution is -1.98. The second-order valence-electron chi connectivity index (χ2n) is 5.06. The van der Waals surface area contributed by atoms with Gasteiger partial charge in [0.25, 0.3) is 0 Å². The van der Waals surface area contributed by atoms with Crippen molar-refractivity contribution in [1.82, 2.24) is 9.55 Å². The molecular formula is C16H13FN2O2. The molecule has 0 atom stereocenters. The van der Waals surface area contributed by atoms with Crippen molar-refractivity contribution in [3.8, 4) is 0 Å². The highest BCUT2D eigenvalue weighted by molar-refractivity contribution is 6.18. The van der Waals surface area contributed by atoms with Crippen LogP contribution in [0.15, 0.2) is 45.6 Å². The minimum atomic E-state index is -0.460. The van der Waals surface area contributed by atoms with Crippen molar-refractivity contribution < 1.29 is 8.81 Å². The fraction of sp³-hybridized carbons (Fsp3) is 0.188. The van der Waals surface area contributed by atoms with Crippen LogP contribution in [0, 0.1) is 0 Å². The van der Waals surface area contributed by atoms with E-state index in [1.165, 1.54) is 0 Å². The van der Waals surface area contributed by atoms with Crippen molar-refractivity contribution in [2.75, 3.05) is 6.67 Å². The fourth-order valence-corrected chi connectivity index (χ4v) is 3.00. The molecule has 4 nitrogen and oxygen atoms in total. The number of aromatic amines is 1. The Bertz CT molecular complexity index is 1010. The average Bonchev–Trinajstić information content (AvgIpc) is 3.02. The number of oxazole rings is 1. The molecule has 0 aliphatic carbocycles. The maximum absolute atomic E-state index is 12.6. The molecule has 4 rings (SSSR count). The van der Waals surface area contributed by atoms with E-state index in [2.05, 4.69) is 9.55 Å². The van der Waals surface area contributed by atoms with Crippen LogP contribution in [-0.2, 0) is 6.54 Å². The van der Waals surface area contributed by atoms with Gasteiger partial charge in [-0.25, -0.2) is 4.79 Å². The summed E-state index contributed by atoms with van der Waals surface area (Å²) < 4.78 is 20.0. The lowest BCUT2D eigenvalue weighted by Gasteiger charge is -2.05. The van der Waals surface area contributed by atoms with E-state index in [1.54, 1.807) is 0 Å². The molecule has 2 heterocycles. The Kier molecular flexibility index (Phi) is 2.60. The Morgan fingerprint density at radius 3 is 2.86 bits per heavy atom. The molecule has 4 aromatic rings. The van der Waals surface area contributed by atoms with Crippen LogP contribution in [0.3, 0.4) is 0 Å². The highest BCUT2D eigenvalue weighted by Crippen LogP contribution is 2.33. The molecule has 1 N–H and O–H groups in total. The highest BCUT2D eigenvalue weighted by Gasteiger charge is 2.15. The number of nitrogens with one attached hydrogen (secondary N) is 1. The molecule has 0 saturated heterocycles. The van der Waals surface area contributed by atoms with Gasteiger partial charge in [-0.15, -0.1) is 0 Å².